The fourth-order valence-electron chi connectivity index (χ4n) is 8.98. The number of fused-ring (bicyclic) bond motifs is 6. The molecule has 1 heteroatoms. The Labute approximate surface area is 344 Å². The Morgan fingerprint density at radius 1 is 0.220 bits per heavy atom. The summed E-state index contributed by atoms with van der Waals surface area (Å²) < 4.78 is 0. The maximum atomic E-state index is 2.41. The first-order valence-corrected chi connectivity index (χ1v) is 20.3. The van der Waals surface area contributed by atoms with Crippen LogP contribution in [0.2, 0.25) is 0 Å². The first-order chi connectivity index (χ1) is 29.3. The maximum Gasteiger partial charge on any atom is 0.0546 e. The fourth-order valence-corrected chi connectivity index (χ4v) is 8.98. The highest BCUT2D eigenvalue weighted by atomic mass is 15.1. The number of nitrogens with zero attached hydrogens (tertiary/aromatic N) is 1. The molecule has 0 fully saturated rings. The molecule has 0 atom stereocenters. The van der Waals surface area contributed by atoms with Crippen LogP contribution >= 0.6 is 0 Å². The molecule has 0 amide bonds. The normalized spacial score (nSPS) is 11.4. The van der Waals surface area contributed by atoms with E-state index < -0.39 is 0 Å². The highest BCUT2D eigenvalue weighted by Crippen LogP contribution is 2.44. The van der Waals surface area contributed by atoms with Crippen molar-refractivity contribution in [3.05, 3.63) is 237 Å². The van der Waals surface area contributed by atoms with E-state index in [2.05, 4.69) is 241 Å². The second-order valence-corrected chi connectivity index (χ2v) is 15.3. The molecule has 0 radical (unpaired) electrons. The van der Waals surface area contributed by atoms with Crippen molar-refractivity contribution in [2.45, 2.75) is 0 Å². The van der Waals surface area contributed by atoms with Crippen LogP contribution < -0.4 is 4.90 Å². The molecule has 59 heavy (non-hydrogen) atoms. The largest absolute Gasteiger partial charge is 0.310 e. The molecule has 0 saturated carbocycles. The Bertz CT molecular complexity index is 3290. The molecule has 0 spiro atoms. The molecule has 0 heterocycles. The standard InChI is InChI=1S/C58H39N/c1-3-15-40(16-4-1)41-27-32-47(33-28-41)59(58-39-46-20-8-10-22-50(46)52-24-13-14-26-55(52)58)48-34-29-42(30-35-48)44-31-36-54(56(37-44)43-17-5-2-6-18-43)57-38-45-19-7-9-21-49(45)51-23-11-12-25-53(51)57/h1-39H. The van der Waals surface area contributed by atoms with Crippen LogP contribution in [0, 0.1) is 0 Å². The van der Waals surface area contributed by atoms with E-state index in [4.69, 9.17) is 0 Å². The summed E-state index contributed by atoms with van der Waals surface area (Å²) in [5.74, 6) is 0. The van der Waals surface area contributed by atoms with Gasteiger partial charge in [0.2, 0.25) is 0 Å². The molecule has 0 saturated heterocycles. The Morgan fingerprint density at radius 3 is 1.25 bits per heavy atom. The van der Waals surface area contributed by atoms with Crippen molar-refractivity contribution in [1.82, 2.24) is 0 Å². The lowest BCUT2D eigenvalue weighted by atomic mass is 9.87. The molecule has 11 rings (SSSR count). The summed E-state index contributed by atoms with van der Waals surface area (Å²) in [5.41, 5.74) is 13.0. The van der Waals surface area contributed by atoms with E-state index >= 15 is 0 Å². The van der Waals surface area contributed by atoms with Crippen molar-refractivity contribution < 1.29 is 0 Å². The number of rotatable bonds is 7. The molecule has 0 aromatic heterocycles. The van der Waals surface area contributed by atoms with Gasteiger partial charge >= 0.3 is 0 Å². The van der Waals surface area contributed by atoms with Gasteiger partial charge < -0.3 is 4.90 Å². The second kappa shape index (κ2) is 14.6. The Morgan fingerprint density at radius 2 is 0.644 bits per heavy atom. The summed E-state index contributed by atoms with van der Waals surface area (Å²) in [6.45, 7) is 0. The summed E-state index contributed by atoms with van der Waals surface area (Å²) in [6, 6.07) is 86.2. The predicted octanol–water partition coefficient (Wildman–Crippen LogP) is 16.4. The van der Waals surface area contributed by atoms with Crippen molar-refractivity contribution in [3.8, 4) is 44.5 Å². The van der Waals surface area contributed by atoms with Gasteiger partial charge in [-0.3, -0.25) is 0 Å². The predicted molar refractivity (Wildman–Crippen MR) is 253 cm³/mol. The fraction of sp³-hybridized carbons (Fsp3) is 0. The average Bonchev–Trinajstić information content (AvgIpc) is 3.32. The van der Waals surface area contributed by atoms with E-state index in [-0.39, 0.29) is 0 Å². The average molecular weight is 750 g/mol. The number of anilines is 3. The minimum absolute atomic E-state index is 1.10. The summed E-state index contributed by atoms with van der Waals surface area (Å²) in [6.07, 6.45) is 0. The van der Waals surface area contributed by atoms with E-state index in [0.29, 0.717) is 0 Å². The van der Waals surface area contributed by atoms with Crippen molar-refractivity contribution in [2.75, 3.05) is 4.90 Å². The SMILES string of the molecule is c1ccc(-c2ccc(N(c3ccc(-c4ccc(-c5cc6ccccc6c6ccccc56)c(-c5ccccc5)c4)cc3)c3cc4ccccc4c4ccccc34)cc2)cc1. The van der Waals surface area contributed by atoms with Crippen LogP contribution in [0.5, 0.6) is 0 Å². The van der Waals surface area contributed by atoms with Gasteiger partial charge in [-0.05, 0) is 125 Å². The molecular weight excluding hydrogens is 711 g/mol. The zero-order chi connectivity index (χ0) is 39.1. The maximum absolute atomic E-state index is 2.41. The van der Waals surface area contributed by atoms with E-state index in [0.717, 1.165) is 17.1 Å². The minimum atomic E-state index is 1.10. The highest BCUT2D eigenvalue weighted by molar-refractivity contribution is 6.16. The summed E-state index contributed by atoms with van der Waals surface area (Å²) in [4.78, 5) is 2.41. The van der Waals surface area contributed by atoms with E-state index in [1.165, 1.54) is 87.6 Å². The summed E-state index contributed by atoms with van der Waals surface area (Å²) in [5, 5.41) is 10.0. The third kappa shape index (κ3) is 6.21. The van der Waals surface area contributed by atoms with Crippen molar-refractivity contribution in [3.63, 3.8) is 0 Å². The quantitative estimate of drug-likeness (QED) is 0.147. The van der Waals surface area contributed by atoms with Gasteiger partial charge in [0, 0.05) is 16.8 Å². The Balaban J connectivity index is 1.05. The third-order valence-electron chi connectivity index (χ3n) is 11.8. The third-order valence-corrected chi connectivity index (χ3v) is 11.8. The van der Waals surface area contributed by atoms with Gasteiger partial charge in [0.15, 0.2) is 0 Å². The van der Waals surface area contributed by atoms with Crippen LogP contribution in [0.15, 0.2) is 237 Å². The monoisotopic (exact) mass is 749 g/mol. The first kappa shape index (κ1) is 34.5. The van der Waals surface area contributed by atoms with Crippen LogP contribution in [-0.4, -0.2) is 0 Å². The zero-order valence-corrected chi connectivity index (χ0v) is 32.5. The number of benzene rings is 11. The Kier molecular flexibility index (Phi) is 8.56. The lowest BCUT2D eigenvalue weighted by Gasteiger charge is -2.28. The molecule has 0 aliphatic heterocycles. The molecule has 0 N–H and O–H groups in total. The lowest BCUT2D eigenvalue weighted by Crippen LogP contribution is -2.10. The molecule has 0 bridgehead atoms. The van der Waals surface area contributed by atoms with E-state index in [1.807, 2.05) is 0 Å². The van der Waals surface area contributed by atoms with Gasteiger partial charge in [0.25, 0.3) is 0 Å². The Hall–Kier alpha value is -7.74. The molecule has 11 aromatic carbocycles. The molecule has 0 unspecified atom stereocenters. The van der Waals surface area contributed by atoms with Gasteiger partial charge in [0.1, 0.15) is 0 Å². The van der Waals surface area contributed by atoms with Gasteiger partial charge in [-0.25, -0.2) is 0 Å². The highest BCUT2D eigenvalue weighted by Gasteiger charge is 2.19. The molecule has 276 valence electrons. The van der Waals surface area contributed by atoms with Crippen LogP contribution in [-0.2, 0) is 0 Å². The first-order valence-electron chi connectivity index (χ1n) is 20.3. The van der Waals surface area contributed by atoms with Crippen LogP contribution in [0.4, 0.5) is 17.1 Å². The van der Waals surface area contributed by atoms with Crippen molar-refractivity contribution >= 4 is 60.2 Å². The van der Waals surface area contributed by atoms with E-state index in [9.17, 15) is 0 Å². The lowest BCUT2D eigenvalue weighted by molar-refractivity contribution is 1.30. The molecule has 1 nitrogen and oxygen atoms in total. The minimum Gasteiger partial charge on any atom is -0.310 e. The van der Waals surface area contributed by atoms with Gasteiger partial charge in [-0.2, -0.15) is 0 Å². The van der Waals surface area contributed by atoms with Crippen LogP contribution in [0.3, 0.4) is 0 Å². The van der Waals surface area contributed by atoms with Gasteiger partial charge in [-0.1, -0.05) is 194 Å². The summed E-state index contributed by atoms with van der Waals surface area (Å²) >= 11 is 0. The molecule has 0 aliphatic rings. The van der Waals surface area contributed by atoms with Crippen molar-refractivity contribution in [2.24, 2.45) is 0 Å². The molecule has 11 aromatic rings. The van der Waals surface area contributed by atoms with Crippen molar-refractivity contribution in [1.29, 1.82) is 0 Å². The van der Waals surface area contributed by atoms with Gasteiger partial charge in [0.05, 0.1) is 5.69 Å². The van der Waals surface area contributed by atoms with E-state index in [1.54, 1.807) is 0 Å². The summed E-state index contributed by atoms with van der Waals surface area (Å²) in [7, 11) is 0. The zero-order valence-electron chi connectivity index (χ0n) is 32.5. The molecular formula is C58H39N. The van der Waals surface area contributed by atoms with Crippen LogP contribution in [0.1, 0.15) is 0 Å². The van der Waals surface area contributed by atoms with Gasteiger partial charge in [-0.15, -0.1) is 0 Å². The topological polar surface area (TPSA) is 3.24 Å². The second-order valence-electron chi connectivity index (χ2n) is 15.3. The van der Waals surface area contributed by atoms with Crippen LogP contribution in [0.25, 0.3) is 87.6 Å². The number of hydrogen-bond donors (Lipinski definition) is 0. The smallest absolute Gasteiger partial charge is 0.0546 e. The number of hydrogen-bond acceptors (Lipinski definition) is 1. The molecule has 0 aliphatic carbocycles.